The monoisotopic (exact) mass is 296 g/mol. The number of hydrogen-bond donors (Lipinski definition) is 1. The number of carbonyl (C=O) groups excluding carboxylic acids is 3. The van der Waals surface area contributed by atoms with Crippen LogP contribution in [0.3, 0.4) is 0 Å². The van der Waals surface area contributed by atoms with Crippen molar-refractivity contribution in [2.45, 2.75) is 6.92 Å². The summed E-state index contributed by atoms with van der Waals surface area (Å²) in [6.07, 6.45) is 0. The standard InChI is InChI=1S/C16H12N2O4/c1-9(19)22-11-5-2-4-10(8-11)18-15(20)12-6-3-7-13(17)14(12)16(18)21/h2-8H,17H2,1H3. The third-order valence-corrected chi connectivity index (χ3v) is 3.28. The quantitative estimate of drug-likeness (QED) is 0.396. The van der Waals surface area contributed by atoms with Gasteiger partial charge in [-0.25, -0.2) is 4.90 Å². The fourth-order valence-corrected chi connectivity index (χ4v) is 2.40. The first-order valence-electron chi connectivity index (χ1n) is 6.55. The first-order valence-corrected chi connectivity index (χ1v) is 6.55. The zero-order chi connectivity index (χ0) is 15.9. The van der Waals surface area contributed by atoms with Gasteiger partial charge < -0.3 is 10.5 Å². The van der Waals surface area contributed by atoms with Crippen molar-refractivity contribution in [3.8, 4) is 5.75 Å². The number of amides is 2. The lowest BCUT2D eigenvalue weighted by molar-refractivity contribution is -0.131. The van der Waals surface area contributed by atoms with Gasteiger partial charge >= 0.3 is 5.97 Å². The molecule has 2 aromatic carbocycles. The number of imide groups is 1. The van der Waals surface area contributed by atoms with Crippen molar-refractivity contribution in [1.82, 2.24) is 0 Å². The number of nitrogen functional groups attached to an aromatic ring is 1. The van der Waals surface area contributed by atoms with Gasteiger partial charge in [0.05, 0.1) is 16.8 Å². The van der Waals surface area contributed by atoms with E-state index in [9.17, 15) is 14.4 Å². The van der Waals surface area contributed by atoms with Crippen molar-refractivity contribution < 1.29 is 19.1 Å². The number of fused-ring (bicyclic) bond motifs is 1. The summed E-state index contributed by atoms with van der Waals surface area (Å²) in [5, 5.41) is 0. The zero-order valence-electron chi connectivity index (χ0n) is 11.7. The van der Waals surface area contributed by atoms with Crippen LogP contribution in [-0.2, 0) is 4.79 Å². The zero-order valence-corrected chi connectivity index (χ0v) is 11.7. The lowest BCUT2D eigenvalue weighted by Crippen LogP contribution is -2.29. The summed E-state index contributed by atoms with van der Waals surface area (Å²) in [6, 6.07) is 11.0. The molecular formula is C16H12N2O4. The molecule has 0 atom stereocenters. The average Bonchev–Trinajstić information content (AvgIpc) is 2.71. The van der Waals surface area contributed by atoms with Crippen LogP contribution in [0.2, 0.25) is 0 Å². The number of esters is 1. The molecule has 0 aromatic heterocycles. The maximum absolute atomic E-state index is 12.5. The Morgan fingerprint density at radius 2 is 1.82 bits per heavy atom. The van der Waals surface area contributed by atoms with Gasteiger partial charge in [-0.15, -0.1) is 0 Å². The van der Waals surface area contributed by atoms with Crippen LogP contribution in [0.1, 0.15) is 27.6 Å². The molecular weight excluding hydrogens is 284 g/mol. The Bertz CT molecular complexity index is 814. The van der Waals surface area contributed by atoms with Crippen LogP contribution in [0.25, 0.3) is 0 Å². The Morgan fingerprint density at radius 1 is 1.09 bits per heavy atom. The number of rotatable bonds is 2. The summed E-state index contributed by atoms with van der Waals surface area (Å²) < 4.78 is 4.97. The summed E-state index contributed by atoms with van der Waals surface area (Å²) >= 11 is 0. The maximum atomic E-state index is 12.5. The van der Waals surface area contributed by atoms with Gasteiger partial charge in [-0.05, 0) is 24.3 Å². The Labute approximate surface area is 126 Å². The van der Waals surface area contributed by atoms with Crippen LogP contribution in [0.4, 0.5) is 11.4 Å². The Balaban J connectivity index is 2.04. The number of benzene rings is 2. The van der Waals surface area contributed by atoms with E-state index in [2.05, 4.69) is 0 Å². The first-order chi connectivity index (χ1) is 10.5. The lowest BCUT2D eigenvalue weighted by Gasteiger charge is -2.14. The molecule has 6 heteroatoms. The number of hydrogen-bond acceptors (Lipinski definition) is 5. The average molecular weight is 296 g/mol. The maximum Gasteiger partial charge on any atom is 0.308 e. The summed E-state index contributed by atoms with van der Waals surface area (Å²) in [5.74, 6) is -1.16. The van der Waals surface area contributed by atoms with Crippen molar-refractivity contribution >= 4 is 29.2 Å². The topological polar surface area (TPSA) is 89.7 Å². The molecule has 22 heavy (non-hydrogen) atoms. The molecule has 0 fully saturated rings. The van der Waals surface area contributed by atoms with Gasteiger partial charge in [0, 0.05) is 18.7 Å². The van der Waals surface area contributed by atoms with E-state index in [1.807, 2.05) is 0 Å². The third kappa shape index (κ3) is 2.10. The predicted molar refractivity (Wildman–Crippen MR) is 79.7 cm³/mol. The minimum atomic E-state index is -0.488. The van der Waals surface area contributed by atoms with Crippen LogP contribution < -0.4 is 15.4 Å². The van der Waals surface area contributed by atoms with Crippen LogP contribution in [0, 0.1) is 0 Å². The number of anilines is 2. The van der Waals surface area contributed by atoms with Crippen LogP contribution in [0.5, 0.6) is 5.75 Å². The van der Waals surface area contributed by atoms with Gasteiger partial charge in [0.1, 0.15) is 5.75 Å². The molecule has 0 saturated carbocycles. The van der Waals surface area contributed by atoms with Crippen molar-refractivity contribution in [3.63, 3.8) is 0 Å². The van der Waals surface area contributed by atoms with Gasteiger partial charge in [-0.3, -0.25) is 14.4 Å². The van der Waals surface area contributed by atoms with E-state index in [0.717, 1.165) is 4.90 Å². The highest BCUT2D eigenvalue weighted by Crippen LogP contribution is 2.32. The summed E-state index contributed by atoms with van der Waals surface area (Å²) in [5.41, 5.74) is 6.84. The molecule has 1 aliphatic heterocycles. The highest BCUT2D eigenvalue weighted by atomic mass is 16.5. The molecule has 1 aliphatic rings. The number of ether oxygens (including phenoxy) is 1. The van der Waals surface area contributed by atoms with Crippen molar-refractivity contribution in [3.05, 3.63) is 53.6 Å². The number of carbonyl (C=O) groups is 3. The Hall–Kier alpha value is -3.15. The number of nitrogens with zero attached hydrogens (tertiary/aromatic N) is 1. The first kappa shape index (κ1) is 13.8. The molecule has 0 spiro atoms. The van der Waals surface area contributed by atoms with Gasteiger partial charge in [0.2, 0.25) is 0 Å². The second-order valence-electron chi connectivity index (χ2n) is 4.81. The minimum absolute atomic E-state index is 0.199. The molecule has 2 aromatic rings. The second kappa shape index (κ2) is 5.00. The van der Waals surface area contributed by atoms with E-state index in [0.29, 0.717) is 5.69 Å². The summed E-state index contributed by atoms with van der Waals surface area (Å²) in [6.45, 7) is 1.27. The van der Waals surface area contributed by atoms with E-state index >= 15 is 0 Å². The third-order valence-electron chi connectivity index (χ3n) is 3.28. The summed E-state index contributed by atoms with van der Waals surface area (Å²) in [7, 11) is 0. The fraction of sp³-hybridized carbons (Fsp3) is 0.0625. The van der Waals surface area contributed by atoms with Crippen molar-refractivity contribution in [1.29, 1.82) is 0 Å². The predicted octanol–water partition coefficient (Wildman–Crippen LogP) is 1.99. The number of nitrogens with two attached hydrogens (primary N) is 1. The molecule has 2 amide bonds. The molecule has 3 rings (SSSR count). The Morgan fingerprint density at radius 3 is 2.50 bits per heavy atom. The lowest BCUT2D eigenvalue weighted by atomic mass is 10.1. The molecule has 110 valence electrons. The summed E-state index contributed by atoms with van der Waals surface area (Å²) in [4.78, 5) is 36.9. The van der Waals surface area contributed by atoms with Crippen LogP contribution >= 0.6 is 0 Å². The van der Waals surface area contributed by atoms with Gasteiger partial charge in [-0.2, -0.15) is 0 Å². The molecule has 1 heterocycles. The normalized spacial score (nSPS) is 13.2. The van der Waals surface area contributed by atoms with Gasteiger partial charge in [0.15, 0.2) is 0 Å². The Kier molecular flexibility index (Phi) is 3.14. The highest BCUT2D eigenvalue weighted by molar-refractivity contribution is 6.36. The van der Waals surface area contributed by atoms with E-state index in [1.54, 1.807) is 36.4 Å². The van der Waals surface area contributed by atoms with Gasteiger partial charge in [0.25, 0.3) is 11.8 Å². The van der Waals surface area contributed by atoms with Crippen LogP contribution in [0.15, 0.2) is 42.5 Å². The largest absolute Gasteiger partial charge is 0.427 e. The van der Waals surface area contributed by atoms with E-state index < -0.39 is 17.8 Å². The van der Waals surface area contributed by atoms with E-state index in [1.165, 1.54) is 13.0 Å². The molecule has 0 aliphatic carbocycles. The molecule has 0 unspecified atom stereocenters. The SMILES string of the molecule is CC(=O)Oc1cccc(N2C(=O)c3cccc(N)c3C2=O)c1. The smallest absolute Gasteiger partial charge is 0.308 e. The molecule has 0 saturated heterocycles. The molecule has 0 bridgehead atoms. The molecule has 0 radical (unpaired) electrons. The second-order valence-corrected chi connectivity index (χ2v) is 4.81. The molecule has 6 nitrogen and oxygen atoms in total. The van der Waals surface area contributed by atoms with Gasteiger partial charge in [-0.1, -0.05) is 12.1 Å². The van der Waals surface area contributed by atoms with Crippen molar-refractivity contribution in [2.75, 3.05) is 10.6 Å². The fourth-order valence-electron chi connectivity index (χ4n) is 2.40. The van der Waals surface area contributed by atoms with Crippen molar-refractivity contribution in [2.24, 2.45) is 0 Å². The van der Waals surface area contributed by atoms with Crippen LogP contribution in [-0.4, -0.2) is 17.8 Å². The highest BCUT2D eigenvalue weighted by Gasteiger charge is 2.38. The van der Waals surface area contributed by atoms with E-state index in [4.69, 9.17) is 10.5 Å². The van der Waals surface area contributed by atoms with E-state index in [-0.39, 0.29) is 22.6 Å². The molecule has 2 N–H and O–H groups in total. The minimum Gasteiger partial charge on any atom is -0.427 e.